The maximum Gasteiger partial charge on any atom is 0.228 e. The highest BCUT2D eigenvalue weighted by Gasteiger charge is 2.19. The number of thioether (sulfide) groups is 1. The zero-order valence-corrected chi connectivity index (χ0v) is 19.7. The van der Waals surface area contributed by atoms with E-state index in [9.17, 15) is 4.79 Å². The Morgan fingerprint density at radius 2 is 1.83 bits per heavy atom. The van der Waals surface area contributed by atoms with E-state index in [0.29, 0.717) is 13.0 Å². The molecule has 0 fully saturated rings. The van der Waals surface area contributed by atoms with Crippen molar-refractivity contribution in [3.8, 4) is 0 Å². The highest BCUT2D eigenvalue weighted by atomic mass is 35.5. The molecule has 0 unspecified atom stereocenters. The summed E-state index contributed by atoms with van der Waals surface area (Å²) in [7, 11) is 4.04. The van der Waals surface area contributed by atoms with Crippen LogP contribution in [0.2, 0.25) is 5.02 Å². The number of thiazole rings is 1. The summed E-state index contributed by atoms with van der Waals surface area (Å²) in [6.07, 6.45) is 1.35. The second kappa shape index (κ2) is 11.8. The Kier molecular flexibility index (Phi) is 9.72. The number of fused-ring (bicyclic) bond motifs is 1. The van der Waals surface area contributed by atoms with E-state index in [-0.39, 0.29) is 18.3 Å². The van der Waals surface area contributed by atoms with Gasteiger partial charge in [0.2, 0.25) is 5.91 Å². The van der Waals surface area contributed by atoms with E-state index >= 15 is 0 Å². The van der Waals surface area contributed by atoms with Crippen molar-refractivity contribution in [2.75, 3.05) is 37.8 Å². The predicted octanol–water partition coefficient (Wildman–Crippen LogP) is 5.84. The standard InChI is InChI=1S/C21H24ClN3OS2.ClH/c1-24(2)13-14-25(21-23-18-6-3-4-7-19(18)28-21)20(26)8-5-15-27-17-11-9-16(22)10-12-17;/h3-4,6-7,9-12H,5,8,13-15H2,1-2H3;1H. The molecule has 0 aliphatic rings. The van der Waals surface area contributed by atoms with Gasteiger partial charge in [-0.15, -0.1) is 24.2 Å². The van der Waals surface area contributed by atoms with Gasteiger partial charge in [-0.25, -0.2) is 4.98 Å². The third kappa shape index (κ3) is 7.15. The first-order valence-electron chi connectivity index (χ1n) is 9.22. The van der Waals surface area contributed by atoms with E-state index in [2.05, 4.69) is 9.88 Å². The summed E-state index contributed by atoms with van der Waals surface area (Å²) >= 11 is 9.25. The van der Waals surface area contributed by atoms with Crippen molar-refractivity contribution < 1.29 is 4.79 Å². The predicted molar refractivity (Wildman–Crippen MR) is 129 cm³/mol. The summed E-state index contributed by atoms with van der Waals surface area (Å²) in [6, 6.07) is 15.8. The second-order valence-electron chi connectivity index (χ2n) is 6.72. The number of nitrogens with zero attached hydrogens (tertiary/aromatic N) is 3. The molecule has 3 rings (SSSR count). The van der Waals surface area contributed by atoms with Gasteiger partial charge >= 0.3 is 0 Å². The Morgan fingerprint density at radius 3 is 2.52 bits per heavy atom. The number of carbonyl (C=O) groups is 1. The van der Waals surface area contributed by atoms with Crippen LogP contribution in [0.25, 0.3) is 10.2 Å². The molecule has 3 aromatic rings. The van der Waals surface area contributed by atoms with E-state index in [1.807, 2.05) is 67.5 Å². The molecule has 2 aromatic carbocycles. The van der Waals surface area contributed by atoms with Crippen LogP contribution in [0.1, 0.15) is 12.8 Å². The van der Waals surface area contributed by atoms with Crippen molar-refractivity contribution in [3.05, 3.63) is 53.6 Å². The third-order valence-corrected chi connectivity index (χ3v) is 6.61. The molecule has 0 N–H and O–H groups in total. The van der Waals surface area contributed by atoms with E-state index in [0.717, 1.165) is 39.1 Å². The average molecular weight is 470 g/mol. The number of aromatic nitrogens is 1. The van der Waals surface area contributed by atoms with E-state index in [1.165, 1.54) is 4.90 Å². The Labute approximate surface area is 191 Å². The van der Waals surface area contributed by atoms with Crippen LogP contribution >= 0.6 is 47.1 Å². The molecule has 0 saturated heterocycles. The molecule has 0 bridgehead atoms. The third-order valence-electron chi connectivity index (χ3n) is 4.20. The minimum atomic E-state index is 0. The molecular weight excluding hydrogens is 445 g/mol. The number of anilines is 1. The minimum Gasteiger partial charge on any atom is -0.308 e. The van der Waals surface area contributed by atoms with Crippen molar-refractivity contribution in [2.24, 2.45) is 0 Å². The molecule has 0 aliphatic carbocycles. The van der Waals surface area contributed by atoms with Crippen molar-refractivity contribution in [3.63, 3.8) is 0 Å². The summed E-state index contributed by atoms with van der Waals surface area (Å²) in [5.41, 5.74) is 0.948. The van der Waals surface area contributed by atoms with Gasteiger partial charge in [-0.3, -0.25) is 9.69 Å². The van der Waals surface area contributed by atoms with E-state index < -0.39 is 0 Å². The molecule has 1 heterocycles. The smallest absolute Gasteiger partial charge is 0.228 e. The molecule has 1 aromatic heterocycles. The molecule has 4 nitrogen and oxygen atoms in total. The summed E-state index contributed by atoms with van der Waals surface area (Å²) < 4.78 is 1.11. The van der Waals surface area contributed by atoms with Crippen LogP contribution in [0, 0.1) is 0 Å². The van der Waals surface area contributed by atoms with Gasteiger partial charge in [0.1, 0.15) is 0 Å². The summed E-state index contributed by atoms with van der Waals surface area (Å²) in [5, 5.41) is 1.53. The lowest BCUT2D eigenvalue weighted by Gasteiger charge is -2.22. The van der Waals surface area contributed by atoms with Crippen LogP contribution in [-0.2, 0) is 4.79 Å². The normalized spacial score (nSPS) is 10.9. The highest BCUT2D eigenvalue weighted by Crippen LogP contribution is 2.29. The van der Waals surface area contributed by atoms with Crippen molar-refractivity contribution in [2.45, 2.75) is 17.7 Å². The van der Waals surface area contributed by atoms with E-state index in [4.69, 9.17) is 11.6 Å². The fourth-order valence-corrected chi connectivity index (χ4v) is 4.67. The largest absolute Gasteiger partial charge is 0.308 e. The minimum absolute atomic E-state index is 0. The number of carbonyl (C=O) groups excluding carboxylic acids is 1. The number of hydrogen-bond donors (Lipinski definition) is 0. The highest BCUT2D eigenvalue weighted by molar-refractivity contribution is 7.99. The SMILES string of the molecule is CN(C)CCN(C(=O)CCCSc1ccc(Cl)cc1)c1nc2ccccc2s1.Cl. The summed E-state index contributed by atoms with van der Waals surface area (Å²) in [4.78, 5) is 22.7. The molecule has 0 radical (unpaired) electrons. The molecule has 0 atom stereocenters. The molecule has 156 valence electrons. The number of benzene rings is 2. The molecule has 0 aliphatic heterocycles. The van der Waals surface area contributed by atoms with Crippen LogP contribution < -0.4 is 4.90 Å². The monoisotopic (exact) mass is 469 g/mol. The molecule has 1 amide bonds. The number of rotatable bonds is 9. The Balaban J connectivity index is 0.00000300. The van der Waals surface area contributed by atoms with Crippen LogP contribution in [0.5, 0.6) is 0 Å². The first-order chi connectivity index (χ1) is 13.5. The first kappa shape index (κ1) is 24.0. The van der Waals surface area contributed by atoms with Crippen molar-refractivity contribution in [1.82, 2.24) is 9.88 Å². The van der Waals surface area contributed by atoms with Gasteiger partial charge in [-0.05, 0) is 62.7 Å². The van der Waals surface area contributed by atoms with Gasteiger partial charge in [0, 0.05) is 29.4 Å². The van der Waals surface area contributed by atoms with Crippen molar-refractivity contribution in [1.29, 1.82) is 0 Å². The quantitative estimate of drug-likeness (QED) is 0.291. The van der Waals surface area contributed by atoms with Gasteiger partial charge in [-0.1, -0.05) is 35.1 Å². The number of likely N-dealkylation sites (N-methyl/N-ethyl adjacent to an activating group) is 1. The average Bonchev–Trinajstić information content (AvgIpc) is 3.10. The molecule has 29 heavy (non-hydrogen) atoms. The van der Waals surface area contributed by atoms with Gasteiger partial charge in [0.25, 0.3) is 0 Å². The van der Waals surface area contributed by atoms with Crippen molar-refractivity contribution >= 4 is 68.4 Å². The maximum absolute atomic E-state index is 12.9. The van der Waals surface area contributed by atoms with Gasteiger partial charge < -0.3 is 4.90 Å². The van der Waals surface area contributed by atoms with Crippen LogP contribution in [-0.4, -0.2) is 48.7 Å². The Morgan fingerprint density at radius 1 is 1.10 bits per heavy atom. The number of hydrogen-bond acceptors (Lipinski definition) is 5. The zero-order valence-electron chi connectivity index (χ0n) is 16.5. The number of para-hydroxylation sites is 1. The van der Waals surface area contributed by atoms with Crippen LogP contribution in [0.3, 0.4) is 0 Å². The lowest BCUT2D eigenvalue weighted by molar-refractivity contribution is -0.118. The Bertz CT molecular complexity index is 883. The fourth-order valence-electron chi connectivity index (χ4n) is 2.68. The first-order valence-corrected chi connectivity index (χ1v) is 11.4. The fraction of sp³-hybridized carbons (Fsp3) is 0.333. The number of halogens is 2. The lowest BCUT2D eigenvalue weighted by Crippen LogP contribution is -2.36. The summed E-state index contributed by atoms with van der Waals surface area (Å²) in [5.74, 6) is 1.03. The zero-order chi connectivity index (χ0) is 19.9. The molecule has 0 spiro atoms. The summed E-state index contributed by atoms with van der Waals surface area (Å²) in [6.45, 7) is 1.46. The lowest BCUT2D eigenvalue weighted by atomic mass is 10.3. The maximum atomic E-state index is 12.9. The molecule has 0 saturated carbocycles. The van der Waals surface area contributed by atoms with E-state index in [1.54, 1.807) is 23.1 Å². The van der Waals surface area contributed by atoms with Crippen LogP contribution in [0.4, 0.5) is 5.13 Å². The molecule has 8 heteroatoms. The molecular formula is C21H25Cl2N3OS2. The topological polar surface area (TPSA) is 36.4 Å². The van der Waals surface area contributed by atoms with Gasteiger partial charge in [0.15, 0.2) is 5.13 Å². The Hall–Kier alpha value is -1.31. The van der Waals surface area contributed by atoms with Crippen LogP contribution in [0.15, 0.2) is 53.4 Å². The second-order valence-corrected chi connectivity index (χ2v) is 9.33. The number of amides is 1. The van der Waals surface area contributed by atoms with Gasteiger partial charge in [0.05, 0.1) is 10.2 Å². The van der Waals surface area contributed by atoms with Gasteiger partial charge in [-0.2, -0.15) is 0 Å².